The molecule has 0 saturated heterocycles. The number of carbonyl (C=O) groups excluding carboxylic acids is 1. The van der Waals surface area contributed by atoms with Gasteiger partial charge in [-0.2, -0.15) is 0 Å². The van der Waals surface area contributed by atoms with Crippen molar-refractivity contribution in [2.75, 3.05) is 17.2 Å². The van der Waals surface area contributed by atoms with Crippen LogP contribution < -0.4 is 10.6 Å². The van der Waals surface area contributed by atoms with Crippen LogP contribution >= 0.6 is 11.6 Å². The first kappa shape index (κ1) is 18.8. The molecule has 0 atom stereocenters. The van der Waals surface area contributed by atoms with Gasteiger partial charge in [0.2, 0.25) is 5.95 Å². The maximum absolute atomic E-state index is 13.6. The van der Waals surface area contributed by atoms with Crippen LogP contribution in [0.4, 0.5) is 16.0 Å². The zero-order chi connectivity index (χ0) is 19.2. The first-order valence-corrected chi connectivity index (χ1v) is 8.77. The third kappa shape index (κ3) is 5.01. The van der Waals surface area contributed by atoms with Gasteiger partial charge in [0.1, 0.15) is 5.82 Å². The van der Waals surface area contributed by atoms with Crippen LogP contribution in [-0.2, 0) is 6.42 Å². The SMILES string of the molecule is Cc1ccc(NC(=O)c2cnc(NCCc3ccccc3F)nc2)cc1Cl. The van der Waals surface area contributed by atoms with Crippen molar-refractivity contribution in [3.63, 3.8) is 0 Å². The minimum atomic E-state index is -0.326. The summed E-state index contributed by atoms with van der Waals surface area (Å²) < 4.78 is 13.6. The van der Waals surface area contributed by atoms with Crippen molar-refractivity contribution in [3.8, 4) is 0 Å². The van der Waals surface area contributed by atoms with E-state index in [1.807, 2.05) is 13.0 Å². The number of aryl methyl sites for hydroxylation is 1. The third-order valence-corrected chi connectivity index (χ3v) is 4.39. The highest BCUT2D eigenvalue weighted by Gasteiger charge is 2.09. The zero-order valence-electron chi connectivity index (χ0n) is 14.7. The third-order valence-electron chi connectivity index (χ3n) is 3.98. The Kier molecular flexibility index (Phi) is 5.98. The molecule has 0 bridgehead atoms. The molecule has 3 rings (SSSR count). The van der Waals surface area contributed by atoms with E-state index in [9.17, 15) is 9.18 Å². The van der Waals surface area contributed by atoms with E-state index in [0.717, 1.165) is 5.56 Å². The Morgan fingerprint density at radius 3 is 2.59 bits per heavy atom. The van der Waals surface area contributed by atoms with Crippen molar-refractivity contribution >= 4 is 29.1 Å². The molecule has 2 aromatic carbocycles. The number of nitrogens with one attached hydrogen (secondary N) is 2. The summed E-state index contributed by atoms with van der Waals surface area (Å²) >= 11 is 6.06. The number of carbonyl (C=O) groups is 1. The van der Waals surface area contributed by atoms with Crippen molar-refractivity contribution in [2.24, 2.45) is 0 Å². The molecule has 0 spiro atoms. The summed E-state index contributed by atoms with van der Waals surface area (Å²) in [6.07, 6.45) is 3.37. The molecule has 27 heavy (non-hydrogen) atoms. The summed E-state index contributed by atoms with van der Waals surface area (Å²) in [5.41, 5.74) is 2.48. The second-order valence-corrected chi connectivity index (χ2v) is 6.39. The molecule has 1 amide bonds. The fourth-order valence-electron chi connectivity index (χ4n) is 2.42. The number of halogens is 2. The molecule has 0 unspecified atom stereocenters. The quantitative estimate of drug-likeness (QED) is 0.657. The van der Waals surface area contributed by atoms with Gasteiger partial charge in [-0.05, 0) is 42.7 Å². The molecule has 138 valence electrons. The molecule has 2 N–H and O–H groups in total. The molecule has 0 saturated carbocycles. The number of nitrogens with zero attached hydrogens (tertiary/aromatic N) is 2. The fraction of sp³-hybridized carbons (Fsp3) is 0.150. The molecule has 0 radical (unpaired) electrons. The molecule has 5 nitrogen and oxygen atoms in total. The molecular weight excluding hydrogens is 367 g/mol. The van der Waals surface area contributed by atoms with Gasteiger partial charge < -0.3 is 10.6 Å². The maximum Gasteiger partial charge on any atom is 0.258 e. The Balaban J connectivity index is 1.55. The van der Waals surface area contributed by atoms with Gasteiger partial charge in [-0.15, -0.1) is 0 Å². The Morgan fingerprint density at radius 1 is 1.15 bits per heavy atom. The number of anilines is 2. The summed E-state index contributed by atoms with van der Waals surface area (Å²) in [6, 6.07) is 11.9. The van der Waals surface area contributed by atoms with E-state index < -0.39 is 0 Å². The van der Waals surface area contributed by atoms with Crippen LogP contribution in [0.15, 0.2) is 54.9 Å². The van der Waals surface area contributed by atoms with Crippen LogP contribution in [0.3, 0.4) is 0 Å². The number of aromatic nitrogens is 2. The fourth-order valence-corrected chi connectivity index (χ4v) is 2.60. The van der Waals surface area contributed by atoms with Crippen LogP contribution in [0.1, 0.15) is 21.5 Å². The number of hydrogen-bond donors (Lipinski definition) is 2. The minimum Gasteiger partial charge on any atom is -0.354 e. The average Bonchev–Trinajstić information content (AvgIpc) is 2.67. The van der Waals surface area contributed by atoms with E-state index in [1.165, 1.54) is 18.5 Å². The highest BCUT2D eigenvalue weighted by atomic mass is 35.5. The van der Waals surface area contributed by atoms with Crippen LogP contribution in [0.25, 0.3) is 0 Å². The highest BCUT2D eigenvalue weighted by Crippen LogP contribution is 2.20. The van der Waals surface area contributed by atoms with E-state index >= 15 is 0 Å². The number of amides is 1. The molecule has 0 fully saturated rings. The van der Waals surface area contributed by atoms with Crippen molar-refractivity contribution in [2.45, 2.75) is 13.3 Å². The standard InChI is InChI=1S/C20H18ClFN4O/c1-13-6-7-16(10-17(13)21)26-19(27)15-11-24-20(25-12-15)23-9-8-14-4-2-3-5-18(14)22/h2-7,10-12H,8-9H2,1H3,(H,26,27)(H,23,24,25). The predicted octanol–water partition coefficient (Wildman–Crippen LogP) is 4.48. The molecule has 1 heterocycles. The molecule has 3 aromatic rings. The smallest absolute Gasteiger partial charge is 0.258 e. The van der Waals surface area contributed by atoms with E-state index in [0.29, 0.717) is 40.8 Å². The van der Waals surface area contributed by atoms with Crippen LogP contribution in [-0.4, -0.2) is 22.4 Å². The lowest BCUT2D eigenvalue weighted by atomic mass is 10.1. The molecule has 0 aliphatic carbocycles. The molecule has 1 aromatic heterocycles. The second kappa shape index (κ2) is 8.60. The normalized spacial score (nSPS) is 10.5. The van der Waals surface area contributed by atoms with E-state index in [-0.39, 0.29) is 11.7 Å². The number of rotatable bonds is 6. The van der Waals surface area contributed by atoms with Crippen molar-refractivity contribution in [3.05, 3.63) is 82.4 Å². The largest absolute Gasteiger partial charge is 0.354 e. The Bertz CT molecular complexity index is 947. The summed E-state index contributed by atoms with van der Waals surface area (Å²) in [6.45, 7) is 2.37. The topological polar surface area (TPSA) is 66.9 Å². The van der Waals surface area contributed by atoms with Crippen molar-refractivity contribution in [1.29, 1.82) is 0 Å². The minimum absolute atomic E-state index is 0.233. The van der Waals surface area contributed by atoms with Crippen LogP contribution in [0.5, 0.6) is 0 Å². The zero-order valence-corrected chi connectivity index (χ0v) is 15.4. The highest BCUT2D eigenvalue weighted by molar-refractivity contribution is 6.31. The second-order valence-electron chi connectivity index (χ2n) is 5.98. The molecule has 0 aliphatic heterocycles. The number of benzene rings is 2. The van der Waals surface area contributed by atoms with Crippen molar-refractivity contribution < 1.29 is 9.18 Å². The first-order valence-electron chi connectivity index (χ1n) is 8.40. The molecular formula is C20H18ClFN4O. The van der Waals surface area contributed by atoms with Gasteiger partial charge in [0.05, 0.1) is 5.56 Å². The van der Waals surface area contributed by atoms with Gasteiger partial charge >= 0.3 is 0 Å². The summed E-state index contributed by atoms with van der Waals surface area (Å²) in [7, 11) is 0. The van der Waals surface area contributed by atoms with Crippen LogP contribution in [0.2, 0.25) is 5.02 Å². The predicted molar refractivity (Wildman–Crippen MR) is 105 cm³/mol. The Morgan fingerprint density at radius 2 is 1.89 bits per heavy atom. The van der Waals surface area contributed by atoms with Gasteiger partial charge in [0, 0.05) is 29.6 Å². The lowest BCUT2D eigenvalue weighted by molar-refractivity contribution is 0.102. The summed E-state index contributed by atoms with van der Waals surface area (Å²) in [5, 5.41) is 6.34. The summed E-state index contributed by atoms with van der Waals surface area (Å²) in [4.78, 5) is 20.5. The van der Waals surface area contributed by atoms with Gasteiger partial charge in [0.25, 0.3) is 5.91 Å². The molecule has 0 aliphatic rings. The monoisotopic (exact) mass is 384 g/mol. The Labute approximate surface area is 161 Å². The van der Waals surface area contributed by atoms with Gasteiger partial charge in [0.15, 0.2) is 0 Å². The van der Waals surface area contributed by atoms with Gasteiger partial charge in [-0.1, -0.05) is 35.9 Å². The van der Waals surface area contributed by atoms with E-state index in [4.69, 9.17) is 11.6 Å². The van der Waals surface area contributed by atoms with E-state index in [1.54, 1.807) is 30.3 Å². The van der Waals surface area contributed by atoms with Crippen molar-refractivity contribution in [1.82, 2.24) is 9.97 Å². The summed E-state index contributed by atoms with van der Waals surface area (Å²) in [5.74, 6) is -0.183. The lowest BCUT2D eigenvalue weighted by Gasteiger charge is -2.08. The average molecular weight is 385 g/mol. The van der Waals surface area contributed by atoms with Gasteiger partial charge in [-0.25, -0.2) is 14.4 Å². The lowest BCUT2D eigenvalue weighted by Crippen LogP contribution is -2.14. The molecule has 7 heteroatoms. The van der Waals surface area contributed by atoms with Crippen LogP contribution in [0, 0.1) is 12.7 Å². The Hall–Kier alpha value is -2.99. The maximum atomic E-state index is 13.6. The first-order chi connectivity index (χ1) is 13.0. The van der Waals surface area contributed by atoms with E-state index in [2.05, 4.69) is 20.6 Å². The van der Waals surface area contributed by atoms with Gasteiger partial charge in [-0.3, -0.25) is 4.79 Å². The number of hydrogen-bond acceptors (Lipinski definition) is 4.